The van der Waals surface area contributed by atoms with Crippen LogP contribution < -0.4 is 0 Å². The van der Waals surface area contributed by atoms with Gasteiger partial charge in [-0.25, -0.2) is 0 Å². The molecule has 1 rings (SSSR count). The van der Waals surface area contributed by atoms with Crippen LogP contribution in [0.4, 0.5) is 0 Å². The first-order valence-electron chi connectivity index (χ1n) is 3.95. The van der Waals surface area contributed by atoms with E-state index in [4.69, 9.17) is 4.74 Å². The van der Waals surface area contributed by atoms with Crippen molar-refractivity contribution in [1.82, 2.24) is 0 Å². The van der Waals surface area contributed by atoms with Crippen molar-refractivity contribution in [2.24, 2.45) is 5.92 Å². The molecule has 1 radical (unpaired) electrons. The van der Waals surface area contributed by atoms with E-state index in [-0.39, 0.29) is 41.3 Å². The minimum absolute atomic E-state index is 0. The fraction of sp³-hybridized carbons (Fsp3) is 0.750. The zero-order valence-corrected chi connectivity index (χ0v) is 9.63. The van der Waals surface area contributed by atoms with Gasteiger partial charge in [-0.2, -0.15) is 0 Å². The van der Waals surface area contributed by atoms with Crippen LogP contribution in [0.5, 0.6) is 0 Å². The SMILES string of the molecule is CCOC(=O)C1CCCC1=O.[Na]. The number of ether oxygens (including phenoxy) is 1. The van der Waals surface area contributed by atoms with Gasteiger partial charge in [-0.15, -0.1) is 0 Å². The minimum Gasteiger partial charge on any atom is -0.465 e. The predicted octanol–water partition coefficient (Wildman–Crippen LogP) is 0.538. The summed E-state index contributed by atoms with van der Waals surface area (Å²) in [5, 5.41) is 0. The summed E-state index contributed by atoms with van der Waals surface area (Å²) in [6.45, 7) is 2.11. The summed E-state index contributed by atoms with van der Waals surface area (Å²) >= 11 is 0. The van der Waals surface area contributed by atoms with Gasteiger partial charge in [-0.3, -0.25) is 9.59 Å². The number of ketones is 1. The Kier molecular flexibility index (Phi) is 5.80. The van der Waals surface area contributed by atoms with Crippen molar-refractivity contribution in [3.05, 3.63) is 0 Å². The summed E-state index contributed by atoms with van der Waals surface area (Å²) < 4.78 is 4.74. The third kappa shape index (κ3) is 2.88. The summed E-state index contributed by atoms with van der Waals surface area (Å²) in [5.74, 6) is -0.742. The van der Waals surface area contributed by atoms with E-state index in [2.05, 4.69) is 0 Å². The molecule has 1 saturated carbocycles. The third-order valence-corrected chi connectivity index (χ3v) is 1.88. The monoisotopic (exact) mass is 179 g/mol. The molecular formula is C8H12NaO3. The van der Waals surface area contributed by atoms with E-state index >= 15 is 0 Å². The summed E-state index contributed by atoms with van der Waals surface area (Å²) in [6.07, 6.45) is 2.06. The first kappa shape index (κ1) is 12.1. The minimum atomic E-state index is -0.449. The number of hydrogen-bond donors (Lipinski definition) is 0. The summed E-state index contributed by atoms with van der Waals surface area (Å²) in [4.78, 5) is 22.0. The maximum absolute atomic E-state index is 11.0. The number of carbonyl (C=O) groups is 2. The Balaban J connectivity index is 0.00000121. The van der Waals surface area contributed by atoms with Crippen LogP contribution in [0, 0.1) is 5.92 Å². The second kappa shape index (κ2) is 5.73. The van der Waals surface area contributed by atoms with Crippen LogP contribution in [-0.4, -0.2) is 47.9 Å². The predicted molar refractivity (Wildman–Crippen MR) is 44.7 cm³/mol. The van der Waals surface area contributed by atoms with E-state index in [1.165, 1.54) is 0 Å². The van der Waals surface area contributed by atoms with Gasteiger partial charge in [-0.1, -0.05) is 0 Å². The molecular weight excluding hydrogens is 167 g/mol. The Bertz CT molecular complexity index is 179. The van der Waals surface area contributed by atoms with Gasteiger partial charge in [0.25, 0.3) is 0 Å². The van der Waals surface area contributed by atoms with E-state index in [0.29, 0.717) is 19.4 Å². The molecule has 63 valence electrons. The van der Waals surface area contributed by atoms with Crippen molar-refractivity contribution < 1.29 is 14.3 Å². The first-order chi connectivity index (χ1) is 5.25. The number of Topliss-reactive ketones (excluding diaryl/α,β-unsaturated/α-hetero) is 1. The molecule has 0 aliphatic heterocycles. The standard InChI is InChI=1S/C8H12O3.Na/c1-2-11-8(10)6-4-3-5-7(6)9;/h6H,2-5H2,1H3;. The van der Waals surface area contributed by atoms with Gasteiger partial charge < -0.3 is 4.74 Å². The summed E-state index contributed by atoms with van der Waals surface area (Å²) in [6, 6.07) is 0. The van der Waals surface area contributed by atoms with Gasteiger partial charge in [0.2, 0.25) is 0 Å². The Morgan fingerprint density at radius 1 is 1.67 bits per heavy atom. The van der Waals surface area contributed by atoms with Crippen LogP contribution in [0.2, 0.25) is 0 Å². The second-order valence-electron chi connectivity index (χ2n) is 2.66. The normalized spacial score (nSPS) is 21.8. The van der Waals surface area contributed by atoms with E-state index in [1.807, 2.05) is 0 Å². The Labute approximate surface area is 94.1 Å². The largest absolute Gasteiger partial charge is 0.465 e. The Morgan fingerprint density at radius 3 is 2.75 bits per heavy atom. The zero-order chi connectivity index (χ0) is 8.27. The van der Waals surface area contributed by atoms with Crippen LogP contribution in [0.3, 0.4) is 0 Å². The van der Waals surface area contributed by atoms with E-state index in [1.54, 1.807) is 6.92 Å². The molecule has 0 heterocycles. The van der Waals surface area contributed by atoms with Crippen molar-refractivity contribution in [3.8, 4) is 0 Å². The van der Waals surface area contributed by atoms with Gasteiger partial charge in [0.05, 0.1) is 6.61 Å². The molecule has 0 aromatic heterocycles. The molecule has 0 spiro atoms. The van der Waals surface area contributed by atoms with Crippen molar-refractivity contribution in [3.63, 3.8) is 0 Å². The molecule has 0 N–H and O–H groups in total. The second-order valence-corrected chi connectivity index (χ2v) is 2.66. The maximum Gasteiger partial charge on any atom is 0.316 e. The van der Waals surface area contributed by atoms with Gasteiger partial charge in [-0.05, 0) is 19.8 Å². The molecule has 0 bridgehead atoms. The molecule has 0 saturated heterocycles. The smallest absolute Gasteiger partial charge is 0.316 e. The fourth-order valence-corrected chi connectivity index (χ4v) is 1.31. The molecule has 0 aromatic rings. The summed E-state index contributed by atoms with van der Waals surface area (Å²) in [7, 11) is 0. The van der Waals surface area contributed by atoms with Gasteiger partial charge >= 0.3 is 5.97 Å². The van der Waals surface area contributed by atoms with Crippen molar-refractivity contribution in [2.45, 2.75) is 26.2 Å². The average Bonchev–Trinajstić information content (AvgIpc) is 2.36. The number of carbonyl (C=O) groups excluding carboxylic acids is 2. The van der Waals surface area contributed by atoms with Gasteiger partial charge in [0.15, 0.2) is 0 Å². The Morgan fingerprint density at radius 2 is 2.33 bits per heavy atom. The zero-order valence-electron chi connectivity index (χ0n) is 7.63. The van der Waals surface area contributed by atoms with Gasteiger partial charge in [0.1, 0.15) is 11.7 Å². The molecule has 0 amide bonds. The molecule has 1 aliphatic carbocycles. The molecule has 1 aliphatic rings. The Hall–Kier alpha value is 0.140. The summed E-state index contributed by atoms with van der Waals surface area (Å²) in [5.41, 5.74) is 0. The first-order valence-corrected chi connectivity index (χ1v) is 3.95. The number of esters is 1. The number of rotatable bonds is 2. The molecule has 1 fully saturated rings. The molecule has 1 atom stereocenters. The number of hydrogen-bond acceptors (Lipinski definition) is 3. The molecule has 3 nitrogen and oxygen atoms in total. The quantitative estimate of drug-likeness (QED) is 0.353. The van der Waals surface area contributed by atoms with Crippen LogP contribution in [0.15, 0.2) is 0 Å². The topological polar surface area (TPSA) is 43.4 Å². The fourth-order valence-electron chi connectivity index (χ4n) is 1.31. The van der Waals surface area contributed by atoms with E-state index < -0.39 is 5.92 Å². The van der Waals surface area contributed by atoms with Crippen LogP contribution >= 0.6 is 0 Å². The molecule has 1 unspecified atom stereocenters. The maximum atomic E-state index is 11.0. The van der Waals surface area contributed by atoms with Crippen LogP contribution in [-0.2, 0) is 14.3 Å². The molecule has 0 aromatic carbocycles. The van der Waals surface area contributed by atoms with Gasteiger partial charge in [0, 0.05) is 36.0 Å². The van der Waals surface area contributed by atoms with Crippen LogP contribution in [0.1, 0.15) is 26.2 Å². The average molecular weight is 179 g/mol. The van der Waals surface area contributed by atoms with E-state index in [9.17, 15) is 9.59 Å². The molecule has 4 heteroatoms. The molecule has 12 heavy (non-hydrogen) atoms. The van der Waals surface area contributed by atoms with Crippen molar-refractivity contribution >= 4 is 41.3 Å². The van der Waals surface area contributed by atoms with Crippen LogP contribution in [0.25, 0.3) is 0 Å². The van der Waals surface area contributed by atoms with E-state index in [0.717, 1.165) is 6.42 Å². The van der Waals surface area contributed by atoms with Crippen molar-refractivity contribution in [2.75, 3.05) is 6.61 Å². The van der Waals surface area contributed by atoms with Crippen molar-refractivity contribution in [1.29, 1.82) is 0 Å². The third-order valence-electron chi connectivity index (χ3n) is 1.88.